The van der Waals surface area contributed by atoms with E-state index in [1.54, 1.807) is 4.68 Å². The molecule has 3 N–H and O–H groups in total. The van der Waals surface area contributed by atoms with Crippen molar-refractivity contribution in [2.24, 2.45) is 12.8 Å². The number of aliphatic hydroxyl groups is 1. The van der Waals surface area contributed by atoms with Gasteiger partial charge in [-0.05, 0) is 35.2 Å². The van der Waals surface area contributed by atoms with Gasteiger partial charge in [0.05, 0.1) is 5.69 Å². The summed E-state index contributed by atoms with van der Waals surface area (Å²) in [7, 11) is 1.84. The van der Waals surface area contributed by atoms with Gasteiger partial charge in [-0.25, -0.2) is 0 Å². The molecule has 1 aromatic heterocycles. The van der Waals surface area contributed by atoms with Gasteiger partial charge in [0.15, 0.2) is 0 Å². The number of aryl methyl sites for hydroxylation is 1. The standard InChI is InChI=1S/C9H14BrN3O/c1-13-7-6(8(10)12-13)3-2-4-9(7,14)5-11/h14H,2-5,11H2,1H3. The molecular weight excluding hydrogens is 246 g/mol. The fourth-order valence-electron chi connectivity index (χ4n) is 2.21. The molecule has 0 saturated heterocycles. The Morgan fingerprint density at radius 3 is 3.07 bits per heavy atom. The number of nitrogens with two attached hydrogens (primary N) is 1. The highest BCUT2D eigenvalue weighted by Crippen LogP contribution is 2.37. The van der Waals surface area contributed by atoms with Crippen molar-refractivity contribution >= 4 is 15.9 Å². The summed E-state index contributed by atoms with van der Waals surface area (Å²) in [5.41, 5.74) is 6.71. The van der Waals surface area contributed by atoms with Crippen molar-refractivity contribution in [3.8, 4) is 0 Å². The summed E-state index contributed by atoms with van der Waals surface area (Å²) < 4.78 is 2.56. The number of halogens is 1. The molecule has 78 valence electrons. The van der Waals surface area contributed by atoms with Crippen LogP contribution < -0.4 is 5.73 Å². The highest BCUT2D eigenvalue weighted by Gasteiger charge is 2.37. The molecule has 0 aromatic carbocycles. The predicted octanol–water partition coefficient (Wildman–Crippen LogP) is 0.665. The average molecular weight is 260 g/mol. The van der Waals surface area contributed by atoms with E-state index in [9.17, 15) is 5.11 Å². The Labute approximate surface area is 91.2 Å². The van der Waals surface area contributed by atoms with Crippen LogP contribution in [0, 0.1) is 0 Å². The fourth-order valence-corrected chi connectivity index (χ4v) is 2.84. The van der Waals surface area contributed by atoms with Crippen molar-refractivity contribution in [2.75, 3.05) is 6.54 Å². The van der Waals surface area contributed by atoms with E-state index in [1.165, 1.54) is 0 Å². The summed E-state index contributed by atoms with van der Waals surface area (Å²) in [6.45, 7) is 0.256. The molecule has 4 nitrogen and oxygen atoms in total. The maximum Gasteiger partial charge on any atom is 0.131 e. The maximum atomic E-state index is 10.3. The summed E-state index contributed by atoms with van der Waals surface area (Å²) in [4.78, 5) is 0. The van der Waals surface area contributed by atoms with Gasteiger partial charge in [0, 0.05) is 19.2 Å². The SMILES string of the molecule is Cn1nc(Br)c2c1C(O)(CN)CCC2. The molecule has 5 heteroatoms. The smallest absolute Gasteiger partial charge is 0.131 e. The van der Waals surface area contributed by atoms with Crippen molar-refractivity contribution in [3.05, 3.63) is 15.9 Å². The second-order valence-electron chi connectivity index (χ2n) is 3.83. The first-order valence-corrected chi connectivity index (χ1v) is 5.52. The molecule has 2 rings (SSSR count). The summed E-state index contributed by atoms with van der Waals surface area (Å²) in [6, 6.07) is 0. The fraction of sp³-hybridized carbons (Fsp3) is 0.667. The Kier molecular flexibility index (Phi) is 2.41. The lowest BCUT2D eigenvalue weighted by Gasteiger charge is -2.31. The lowest BCUT2D eigenvalue weighted by Crippen LogP contribution is -2.39. The molecule has 0 saturated carbocycles. The zero-order chi connectivity index (χ0) is 10.3. The van der Waals surface area contributed by atoms with Crippen LogP contribution in [-0.2, 0) is 19.1 Å². The molecule has 0 fully saturated rings. The zero-order valence-corrected chi connectivity index (χ0v) is 9.71. The number of aromatic nitrogens is 2. The summed E-state index contributed by atoms with van der Waals surface area (Å²) >= 11 is 3.40. The van der Waals surface area contributed by atoms with E-state index in [2.05, 4.69) is 21.0 Å². The van der Waals surface area contributed by atoms with Gasteiger partial charge in [0.2, 0.25) is 0 Å². The van der Waals surface area contributed by atoms with Crippen molar-refractivity contribution in [2.45, 2.75) is 24.9 Å². The highest BCUT2D eigenvalue weighted by molar-refractivity contribution is 9.10. The van der Waals surface area contributed by atoms with Crippen LogP contribution in [0.2, 0.25) is 0 Å². The largest absolute Gasteiger partial charge is 0.382 e. The van der Waals surface area contributed by atoms with Gasteiger partial charge in [-0.3, -0.25) is 4.68 Å². The summed E-state index contributed by atoms with van der Waals surface area (Å²) in [5, 5.41) is 14.6. The second-order valence-corrected chi connectivity index (χ2v) is 4.58. The van der Waals surface area contributed by atoms with E-state index < -0.39 is 5.60 Å². The number of nitrogens with zero attached hydrogens (tertiary/aromatic N) is 2. The second kappa shape index (κ2) is 3.32. The Bertz CT molecular complexity index is 363. The van der Waals surface area contributed by atoms with Gasteiger partial charge < -0.3 is 10.8 Å². The molecular formula is C9H14BrN3O. The monoisotopic (exact) mass is 259 g/mol. The molecule has 1 heterocycles. The van der Waals surface area contributed by atoms with Gasteiger partial charge in [0.1, 0.15) is 10.2 Å². The van der Waals surface area contributed by atoms with Gasteiger partial charge >= 0.3 is 0 Å². The number of rotatable bonds is 1. The normalized spacial score (nSPS) is 26.3. The molecule has 1 atom stereocenters. The average Bonchev–Trinajstić information content (AvgIpc) is 2.44. The van der Waals surface area contributed by atoms with E-state index in [0.29, 0.717) is 0 Å². The van der Waals surface area contributed by atoms with Gasteiger partial charge in [-0.2, -0.15) is 5.10 Å². The van der Waals surface area contributed by atoms with Gasteiger partial charge in [-0.1, -0.05) is 0 Å². The molecule has 0 spiro atoms. The molecule has 1 aliphatic rings. The molecule has 1 aromatic rings. The number of hydrogen-bond donors (Lipinski definition) is 2. The van der Waals surface area contributed by atoms with Gasteiger partial charge in [-0.15, -0.1) is 0 Å². The van der Waals surface area contributed by atoms with E-state index in [-0.39, 0.29) is 6.54 Å². The van der Waals surface area contributed by atoms with Crippen LogP contribution in [0.25, 0.3) is 0 Å². The Hall–Kier alpha value is -0.390. The Morgan fingerprint density at radius 2 is 2.43 bits per heavy atom. The molecule has 0 radical (unpaired) electrons. The summed E-state index contributed by atoms with van der Waals surface area (Å²) in [6.07, 6.45) is 2.65. The van der Waals surface area contributed by atoms with Gasteiger partial charge in [0.25, 0.3) is 0 Å². The molecule has 0 aliphatic heterocycles. The lowest BCUT2D eigenvalue weighted by molar-refractivity contribution is 0.0199. The molecule has 1 aliphatic carbocycles. The van der Waals surface area contributed by atoms with Crippen molar-refractivity contribution in [3.63, 3.8) is 0 Å². The molecule has 0 amide bonds. The maximum absolute atomic E-state index is 10.3. The number of hydrogen-bond acceptors (Lipinski definition) is 3. The molecule has 14 heavy (non-hydrogen) atoms. The first kappa shape index (κ1) is 10.1. The Balaban J connectivity index is 2.59. The van der Waals surface area contributed by atoms with Crippen LogP contribution >= 0.6 is 15.9 Å². The minimum absolute atomic E-state index is 0.256. The quantitative estimate of drug-likeness (QED) is 0.779. The third-order valence-corrected chi connectivity index (χ3v) is 3.53. The Morgan fingerprint density at radius 1 is 1.71 bits per heavy atom. The third kappa shape index (κ3) is 1.31. The first-order chi connectivity index (χ1) is 6.58. The van der Waals surface area contributed by atoms with Crippen LogP contribution in [0.4, 0.5) is 0 Å². The van der Waals surface area contributed by atoms with Crippen molar-refractivity contribution in [1.82, 2.24) is 9.78 Å². The van der Waals surface area contributed by atoms with E-state index in [4.69, 9.17) is 5.73 Å². The van der Waals surface area contributed by atoms with Crippen LogP contribution in [-0.4, -0.2) is 21.4 Å². The minimum atomic E-state index is -0.888. The highest BCUT2D eigenvalue weighted by atomic mass is 79.9. The van der Waals surface area contributed by atoms with Crippen molar-refractivity contribution in [1.29, 1.82) is 0 Å². The molecule has 0 bridgehead atoms. The third-order valence-electron chi connectivity index (χ3n) is 2.89. The lowest BCUT2D eigenvalue weighted by atomic mass is 9.84. The first-order valence-electron chi connectivity index (χ1n) is 4.73. The number of fused-ring (bicyclic) bond motifs is 1. The van der Waals surface area contributed by atoms with Crippen LogP contribution in [0.5, 0.6) is 0 Å². The van der Waals surface area contributed by atoms with E-state index in [1.807, 2.05) is 7.05 Å². The van der Waals surface area contributed by atoms with E-state index >= 15 is 0 Å². The van der Waals surface area contributed by atoms with Crippen LogP contribution in [0.3, 0.4) is 0 Å². The van der Waals surface area contributed by atoms with Crippen LogP contribution in [0.15, 0.2) is 4.60 Å². The van der Waals surface area contributed by atoms with E-state index in [0.717, 1.165) is 35.1 Å². The predicted molar refractivity (Wildman–Crippen MR) is 56.8 cm³/mol. The minimum Gasteiger partial charge on any atom is -0.382 e. The van der Waals surface area contributed by atoms with Crippen LogP contribution in [0.1, 0.15) is 24.1 Å². The summed E-state index contributed by atoms with van der Waals surface area (Å²) in [5.74, 6) is 0. The van der Waals surface area contributed by atoms with Crippen molar-refractivity contribution < 1.29 is 5.11 Å². The zero-order valence-electron chi connectivity index (χ0n) is 8.13. The molecule has 1 unspecified atom stereocenters. The topological polar surface area (TPSA) is 64.1 Å².